The Morgan fingerprint density at radius 3 is 2.24 bits per heavy atom. The Balaban J connectivity index is 2.40. The van der Waals surface area contributed by atoms with Crippen LogP contribution in [0.15, 0.2) is 30.3 Å². The second-order valence-electron chi connectivity index (χ2n) is 5.68. The largest absolute Gasteiger partial charge is 0.270 e. The molecule has 2 aromatic rings. The van der Waals surface area contributed by atoms with Crippen LogP contribution >= 0.6 is 23.2 Å². The summed E-state index contributed by atoms with van der Waals surface area (Å²) in [6, 6.07) is 10.6. The van der Waals surface area contributed by atoms with Crippen LogP contribution in [0.4, 0.5) is 0 Å². The maximum atomic E-state index is 6.34. The van der Waals surface area contributed by atoms with Crippen molar-refractivity contribution in [3.05, 3.63) is 52.8 Å². The summed E-state index contributed by atoms with van der Waals surface area (Å²) in [7, 11) is 0. The Bertz CT molecular complexity index is 583. The zero-order valence-electron chi connectivity index (χ0n) is 12.9. The summed E-state index contributed by atoms with van der Waals surface area (Å²) in [4.78, 5) is 0. The van der Waals surface area contributed by atoms with Crippen LogP contribution in [0.25, 0.3) is 0 Å². The molecule has 0 bridgehead atoms. The average Bonchev–Trinajstić information content (AvgIpc) is 2.85. The molecule has 2 rings (SSSR count). The molecule has 0 aliphatic carbocycles. The molecule has 1 aromatic heterocycles. The van der Waals surface area contributed by atoms with Gasteiger partial charge in [-0.2, -0.15) is 5.10 Å². The molecule has 0 aliphatic heterocycles. The molecule has 1 aromatic carbocycles. The number of halogens is 2. The van der Waals surface area contributed by atoms with Gasteiger partial charge in [-0.15, -0.1) is 23.2 Å². The van der Waals surface area contributed by atoms with E-state index in [0.29, 0.717) is 11.8 Å². The molecule has 0 saturated heterocycles. The summed E-state index contributed by atoms with van der Waals surface area (Å²) in [5.74, 6) is 0.987. The molecule has 0 radical (unpaired) electrons. The molecule has 0 spiro atoms. The van der Waals surface area contributed by atoms with Gasteiger partial charge in [-0.3, -0.25) is 4.68 Å². The Kier molecular flexibility index (Phi) is 5.34. The number of nitrogens with zero attached hydrogens (tertiary/aromatic N) is 2. The van der Waals surface area contributed by atoms with Crippen molar-refractivity contribution in [2.24, 2.45) is 0 Å². The first-order valence-electron chi connectivity index (χ1n) is 7.27. The van der Waals surface area contributed by atoms with E-state index in [0.717, 1.165) is 18.7 Å². The molecule has 4 heteroatoms. The van der Waals surface area contributed by atoms with E-state index in [9.17, 15) is 0 Å². The molecule has 0 fully saturated rings. The minimum atomic E-state index is -0.254. The van der Waals surface area contributed by atoms with Gasteiger partial charge in [-0.05, 0) is 32.4 Å². The van der Waals surface area contributed by atoms with E-state index in [2.05, 4.69) is 49.3 Å². The number of benzene rings is 1. The van der Waals surface area contributed by atoms with E-state index in [1.807, 2.05) is 11.6 Å². The third-order valence-corrected chi connectivity index (χ3v) is 5.00. The topological polar surface area (TPSA) is 17.8 Å². The predicted molar refractivity (Wildman–Crippen MR) is 90.6 cm³/mol. The summed E-state index contributed by atoms with van der Waals surface area (Å²) >= 11 is 12.7. The number of alkyl halides is 2. The highest BCUT2D eigenvalue weighted by atomic mass is 35.5. The lowest BCUT2D eigenvalue weighted by atomic mass is 9.79. The second-order valence-corrected chi connectivity index (χ2v) is 6.22. The lowest BCUT2D eigenvalue weighted by Crippen LogP contribution is -2.34. The molecule has 114 valence electrons. The summed E-state index contributed by atoms with van der Waals surface area (Å²) < 4.78 is 2.04. The minimum Gasteiger partial charge on any atom is -0.270 e. The minimum absolute atomic E-state index is 0.254. The van der Waals surface area contributed by atoms with Crippen molar-refractivity contribution in [2.45, 2.75) is 39.2 Å². The van der Waals surface area contributed by atoms with Crippen molar-refractivity contribution in [3.8, 4) is 0 Å². The highest BCUT2D eigenvalue weighted by Gasteiger charge is 2.32. The summed E-state index contributed by atoms with van der Waals surface area (Å²) in [5.41, 5.74) is 4.41. The van der Waals surface area contributed by atoms with Gasteiger partial charge in [0.15, 0.2) is 0 Å². The monoisotopic (exact) mass is 324 g/mol. The first-order chi connectivity index (χ1) is 10.0. The second kappa shape index (κ2) is 6.85. The van der Waals surface area contributed by atoms with Gasteiger partial charge in [-0.1, -0.05) is 29.8 Å². The molecular formula is C17H22Cl2N2. The lowest BCUT2D eigenvalue weighted by Gasteiger charge is -2.30. The maximum Gasteiger partial charge on any atom is 0.0596 e. The zero-order valence-corrected chi connectivity index (χ0v) is 14.4. The van der Waals surface area contributed by atoms with E-state index >= 15 is 0 Å². The van der Waals surface area contributed by atoms with Crippen LogP contribution in [0.1, 0.15) is 29.4 Å². The first kappa shape index (κ1) is 16.4. The molecule has 21 heavy (non-hydrogen) atoms. The molecule has 0 amide bonds. The van der Waals surface area contributed by atoms with Crippen molar-refractivity contribution >= 4 is 23.2 Å². The van der Waals surface area contributed by atoms with E-state index < -0.39 is 0 Å². The molecular weight excluding hydrogens is 303 g/mol. The fourth-order valence-electron chi connectivity index (χ4n) is 2.66. The molecule has 0 N–H and O–H groups in total. The Hall–Kier alpha value is -0.990. The third-order valence-electron chi connectivity index (χ3n) is 3.98. The quantitative estimate of drug-likeness (QED) is 0.716. The molecule has 0 unspecified atom stereocenters. The van der Waals surface area contributed by atoms with Gasteiger partial charge < -0.3 is 0 Å². The fraction of sp³-hybridized carbons (Fsp3) is 0.471. The standard InChI is InChI=1S/C17H22Cl2N2/c1-4-21-16(9-14(3)20-21)10-17(11-18,12-19)15-7-5-13(2)6-8-15/h5-9H,4,10-12H2,1-3H3. The van der Waals surface area contributed by atoms with E-state index in [-0.39, 0.29) is 5.41 Å². The van der Waals surface area contributed by atoms with Crippen molar-refractivity contribution in [2.75, 3.05) is 11.8 Å². The van der Waals surface area contributed by atoms with Crippen LogP contribution < -0.4 is 0 Å². The van der Waals surface area contributed by atoms with E-state index in [1.165, 1.54) is 16.8 Å². The van der Waals surface area contributed by atoms with Crippen molar-refractivity contribution < 1.29 is 0 Å². The van der Waals surface area contributed by atoms with Gasteiger partial charge in [-0.25, -0.2) is 0 Å². The third kappa shape index (κ3) is 3.44. The number of aryl methyl sites for hydroxylation is 3. The van der Waals surface area contributed by atoms with Crippen molar-refractivity contribution in [3.63, 3.8) is 0 Å². The Morgan fingerprint density at radius 2 is 1.71 bits per heavy atom. The maximum absolute atomic E-state index is 6.34. The molecule has 2 nitrogen and oxygen atoms in total. The normalized spacial score (nSPS) is 11.9. The molecule has 0 atom stereocenters. The van der Waals surface area contributed by atoms with Gasteiger partial charge in [0.2, 0.25) is 0 Å². The smallest absolute Gasteiger partial charge is 0.0596 e. The van der Waals surface area contributed by atoms with Gasteiger partial charge in [0.25, 0.3) is 0 Å². The zero-order chi connectivity index (χ0) is 15.5. The van der Waals surface area contributed by atoms with E-state index in [4.69, 9.17) is 23.2 Å². The SMILES string of the molecule is CCn1nc(C)cc1CC(CCl)(CCl)c1ccc(C)cc1. The van der Waals surface area contributed by atoms with Gasteiger partial charge in [0.05, 0.1) is 5.69 Å². The van der Waals surface area contributed by atoms with Crippen LogP contribution in [-0.2, 0) is 18.4 Å². The number of hydrogen-bond acceptors (Lipinski definition) is 1. The highest BCUT2D eigenvalue weighted by Crippen LogP contribution is 2.32. The molecule has 0 saturated carbocycles. The number of hydrogen-bond donors (Lipinski definition) is 0. The summed E-state index contributed by atoms with van der Waals surface area (Å²) in [6.45, 7) is 7.07. The van der Waals surface area contributed by atoms with Crippen LogP contribution in [-0.4, -0.2) is 21.5 Å². The van der Waals surface area contributed by atoms with Gasteiger partial charge in [0, 0.05) is 35.8 Å². The van der Waals surface area contributed by atoms with Crippen molar-refractivity contribution in [1.29, 1.82) is 0 Å². The average molecular weight is 325 g/mol. The van der Waals surface area contributed by atoms with Crippen LogP contribution in [0.3, 0.4) is 0 Å². The summed E-state index contributed by atoms with van der Waals surface area (Å²) in [6.07, 6.45) is 0.803. The van der Waals surface area contributed by atoms with Crippen LogP contribution in [0.2, 0.25) is 0 Å². The van der Waals surface area contributed by atoms with Crippen molar-refractivity contribution in [1.82, 2.24) is 9.78 Å². The highest BCUT2D eigenvalue weighted by molar-refractivity contribution is 6.22. The fourth-order valence-corrected chi connectivity index (χ4v) is 3.44. The van der Waals surface area contributed by atoms with Crippen LogP contribution in [0.5, 0.6) is 0 Å². The van der Waals surface area contributed by atoms with Gasteiger partial charge in [0.1, 0.15) is 0 Å². The predicted octanol–water partition coefficient (Wildman–Crippen LogP) is 4.48. The summed E-state index contributed by atoms with van der Waals surface area (Å²) in [5, 5.41) is 4.52. The molecule has 0 aliphatic rings. The van der Waals surface area contributed by atoms with E-state index in [1.54, 1.807) is 0 Å². The van der Waals surface area contributed by atoms with Crippen LogP contribution in [0, 0.1) is 13.8 Å². The lowest BCUT2D eigenvalue weighted by molar-refractivity contribution is 0.498. The first-order valence-corrected chi connectivity index (χ1v) is 8.34. The number of rotatable bonds is 6. The number of aromatic nitrogens is 2. The van der Waals surface area contributed by atoms with Gasteiger partial charge >= 0.3 is 0 Å². The Morgan fingerprint density at radius 1 is 1.10 bits per heavy atom. The Labute approximate surface area is 137 Å². The molecule has 1 heterocycles.